The molecule has 162 valence electrons. The van der Waals surface area contributed by atoms with Gasteiger partial charge in [-0.1, -0.05) is 27.4 Å². The van der Waals surface area contributed by atoms with Crippen LogP contribution in [0.5, 0.6) is 0 Å². The molecule has 0 bridgehead atoms. The number of rotatable bonds is 7. The summed E-state index contributed by atoms with van der Waals surface area (Å²) in [7, 11) is 0. The molecule has 0 aromatic rings. The smallest absolute Gasteiger partial charge is 0.302 e. The highest BCUT2D eigenvalue weighted by atomic mass is 16.6. The van der Waals surface area contributed by atoms with E-state index >= 15 is 0 Å². The third-order valence-electron chi connectivity index (χ3n) is 9.38. The fourth-order valence-corrected chi connectivity index (χ4v) is 7.87. The number of ether oxygens (including phenoxy) is 2. The fourth-order valence-electron chi connectivity index (χ4n) is 7.87. The zero-order valence-corrected chi connectivity index (χ0v) is 18.6. The van der Waals surface area contributed by atoms with E-state index in [2.05, 4.69) is 27.4 Å². The van der Waals surface area contributed by atoms with Gasteiger partial charge in [0.05, 0.1) is 18.8 Å². The summed E-state index contributed by atoms with van der Waals surface area (Å²) in [6.45, 7) is 12.9. The van der Waals surface area contributed by atoms with Crippen LogP contribution in [0, 0.1) is 40.4 Å². The average Bonchev–Trinajstić information content (AvgIpc) is 3.35. The van der Waals surface area contributed by atoms with Crippen LogP contribution in [-0.2, 0) is 19.1 Å². The van der Waals surface area contributed by atoms with Crippen LogP contribution < -0.4 is 0 Å². The van der Waals surface area contributed by atoms with Crippen molar-refractivity contribution in [3.05, 3.63) is 12.7 Å². The van der Waals surface area contributed by atoms with Gasteiger partial charge in [0, 0.05) is 13.3 Å². The minimum absolute atomic E-state index is 0.169. The van der Waals surface area contributed by atoms with Crippen LogP contribution in [0.3, 0.4) is 0 Å². The van der Waals surface area contributed by atoms with Crippen molar-refractivity contribution in [3.8, 4) is 0 Å². The molecule has 0 spiro atoms. The molecule has 4 fully saturated rings. The number of allylic oxidation sites excluding steroid dienone is 1. The van der Waals surface area contributed by atoms with Crippen molar-refractivity contribution in [3.63, 3.8) is 0 Å². The second-order valence-corrected chi connectivity index (χ2v) is 11.0. The Bertz CT molecular complexity index is 686. The number of ketones is 1. The first-order chi connectivity index (χ1) is 13.7. The van der Waals surface area contributed by atoms with Crippen LogP contribution in [0.15, 0.2) is 12.7 Å². The number of fused-ring (bicyclic) bond motifs is 5. The Balaban J connectivity index is 1.52. The van der Waals surface area contributed by atoms with E-state index in [0.717, 1.165) is 12.8 Å². The lowest BCUT2D eigenvalue weighted by Crippen LogP contribution is -2.52. The van der Waals surface area contributed by atoms with Gasteiger partial charge < -0.3 is 9.47 Å². The molecule has 4 heteroatoms. The maximum atomic E-state index is 11.9. The first kappa shape index (κ1) is 21.1. The van der Waals surface area contributed by atoms with Gasteiger partial charge in [0.25, 0.3) is 0 Å². The summed E-state index contributed by atoms with van der Waals surface area (Å²) in [6, 6.07) is 0. The Labute approximate surface area is 175 Å². The Morgan fingerprint density at radius 1 is 1.24 bits per heavy atom. The lowest BCUT2D eigenvalue weighted by Gasteiger charge is -2.56. The maximum Gasteiger partial charge on any atom is 0.302 e. The van der Waals surface area contributed by atoms with Crippen LogP contribution in [0.1, 0.15) is 72.6 Å². The molecule has 4 rings (SSSR count). The molecule has 9 atom stereocenters. The molecule has 3 unspecified atom stereocenters. The van der Waals surface area contributed by atoms with E-state index in [9.17, 15) is 9.59 Å². The van der Waals surface area contributed by atoms with Gasteiger partial charge in [0.15, 0.2) is 5.78 Å². The minimum Gasteiger partial charge on any atom is -0.466 e. The molecular formula is C25H38O4. The summed E-state index contributed by atoms with van der Waals surface area (Å²) < 4.78 is 11.6. The number of carbonyl (C=O) groups is 2. The number of hydrogen-bond donors (Lipinski definition) is 0. The summed E-state index contributed by atoms with van der Waals surface area (Å²) >= 11 is 0. The summed E-state index contributed by atoms with van der Waals surface area (Å²) in [5.41, 5.74) is 0.510. The Morgan fingerprint density at radius 2 is 2.00 bits per heavy atom. The third kappa shape index (κ3) is 3.60. The molecule has 0 radical (unpaired) electrons. The average molecular weight is 403 g/mol. The molecule has 1 heterocycles. The summed E-state index contributed by atoms with van der Waals surface area (Å²) in [5.74, 6) is 2.98. The fraction of sp³-hybridized carbons (Fsp3) is 0.840. The first-order valence-electron chi connectivity index (χ1n) is 11.6. The molecule has 4 aliphatic rings. The molecule has 1 aliphatic heterocycles. The van der Waals surface area contributed by atoms with Gasteiger partial charge in [-0.05, 0) is 85.0 Å². The van der Waals surface area contributed by atoms with E-state index in [0.29, 0.717) is 60.2 Å². The van der Waals surface area contributed by atoms with Crippen LogP contribution in [0.4, 0.5) is 0 Å². The van der Waals surface area contributed by atoms with Gasteiger partial charge in [-0.2, -0.15) is 0 Å². The van der Waals surface area contributed by atoms with Crippen molar-refractivity contribution < 1.29 is 19.1 Å². The van der Waals surface area contributed by atoms with Crippen molar-refractivity contribution in [2.45, 2.75) is 84.8 Å². The van der Waals surface area contributed by atoms with Gasteiger partial charge in [-0.3, -0.25) is 9.59 Å². The topological polar surface area (TPSA) is 55.9 Å². The number of epoxide rings is 1. The number of esters is 1. The molecule has 0 aromatic carbocycles. The van der Waals surface area contributed by atoms with Crippen molar-refractivity contribution in [1.29, 1.82) is 0 Å². The molecule has 3 saturated carbocycles. The lowest BCUT2D eigenvalue weighted by molar-refractivity contribution is -0.143. The monoisotopic (exact) mass is 402 g/mol. The summed E-state index contributed by atoms with van der Waals surface area (Å²) in [4.78, 5) is 23.2. The van der Waals surface area contributed by atoms with Crippen molar-refractivity contribution in [1.82, 2.24) is 0 Å². The lowest BCUT2D eigenvalue weighted by atomic mass is 9.48. The molecular weight excluding hydrogens is 364 g/mol. The van der Waals surface area contributed by atoms with E-state index in [-0.39, 0.29) is 17.2 Å². The van der Waals surface area contributed by atoms with Crippen molar-refractivity contribution >= 4 is 11.8 Å². The highest BCUT2D eigenvalue weighted by molar-refractivity contribution is 5.89. The molecule has 0 amide bonds. The van der Waals surface area contributed by atoms with Crippen molar-refractivity contribution in [2.75, 3.05) is 6.61 Å². The van der Waals surface area contributed by atoms with E-state index in [4.69, 9.17) is 9.47 Å². The molecule has 1 saturated heterocycles. The number of carbonyl (C=O) groups excluding carboxylic acids is 2. The maximum absolute atomic E-state index is 11.9. The third-order valence-corrected chi connectivity index (χ3v) is 9.38. The van der Waals surface area contributed by atoms with E-state index in [1.807, 2.05) is 0 Å². The standard InChI is InChI=1S/C25H38O4/c1-6-17(27)9-11-24(4)13-21-23(29-21)22-19(24)10-12-25(5)18(7-8-20(22)25)15(2)14-28-16(3)26/h6,15,18-23H,1,7-14H2,2-5H3/t15-,18-,19?,20?,21-,22?,23-,24+,25-/m1/s1. The second-order valence-electron chi connectivity index (χ2n) is 11.0. The molecule has 3 aliphatic carbocycles. The van der Waals surface area contributed by atoms with Crippen LogP contribution in [0.2, 0.25) is 0 Å². The predicted molar refractivity (Wildman–Crippen MR) is 112 cm³/mol. The zero-order chi connectivity index (χ0) is 21.0. The normalized spacial score (nSPS) is 46.1. The molecule has 29 heavy (non-hydrogen) atoms. The van der Waals surface area contributed by atoms with Gasteiger partial charge in [0.2, 0.25) is 0 Å². The summed E-state index contributed by atoms with van der Waals surface area (Å²) in [5, 5.41) is 0. The molecule has 4 nitrogen and oxygen atoms in total. The largest absolute Gasteiger partial charge is 0.466 e. The quantitative estimate of drug-likeness (QED) is 0.343. The van der Waals surface area contributed by atoms with Crippen LogP contribution in [-0.4, -0.2) is 30.6 Å². The van der Waals surface area contributed by atoms with Crippen LogP contribution >= 0.6 is 0 Å². The summed E-state index contributed by atoms with van der Waals surface area (Å²) in [6.07, 6.45) is 9.98. The molecule has 0 N–H and O–H groups in total. The van der Waals surface area contributed by atoms with Crippen LogP contribution in [0.25, 0.3) is 0 Å². The van der Waals surface area contributed by atoms with Gasteiger partial charge in [0.1, 0.15) is 0 Å². The highest BCUT2D eigenvalue weighted by Gasteiger charge is 2.66. The SMILES string of the molecule is C=CC(=O)CC[C@@]1(C)C[C@H]2O[C@H]2C2C1CC[C@@]1(C)C2CC[C@@H]1[C@H](C)COC(C)=O. The van der Waals surface area contributed by atoms with E-state index < -0.39 is 0 Å². The van der Waals surface area contributed by atoms with Gasteiger partial charge in [-0.25, -0.2) is 0 Å². The predicted octanol–water partition coefficient (Wildman–Crippen LogP) is 4.96. The zero-order valence-electron chi connectivity index (χ0n) is 18.6. The minimum atomic E-state index is -0.174. The van der Waals surface area contributed by atoms with Gasteiger partial charge in [-0.15, -0.1) is 0 Å². The Kier molecular flexibility index (Phi) is 5.46. The Morgan fingerprint density at radius 3 is 2.69 bits per heavy atom. The second kappa shape index (κ2) is 7.51. The molecule has 0 aromatic heterocycles. The first-order valence-corrected chi connectivity index (χ1v) is 11.6. The highest BCUT2D eigenvalue weighted by Crippen LogP contribution is 2.69. The Hall–Kier alpha value is -1.16. The van der Waals surface area contributed by atoms with E-state index in [1.54, 1.807) is 0 Å². The van der Waals surface area contributed by atoms with Gasteiger partial charge >= 0.3 is 5.97 Å². The van der Waals surface area contributed by atoms with E-state index in [1.165, 1.54) is 38.7 Å². The number of hydrogen-bond acceptors (Lipinski definition) is 4. The van der Waals surface area contributed by atoms with Crippen molar-refractivity contribution in [2.24, 2.45) is 40.4 Å².